The van der Waals surface area contributed by atoms with Gasteiger partial charge >= 0.3 is 5.97 Å². The first-order valence-electron chi connectivity index (χ1n) is 7.56. The molecule has 0 amide bonds. The number of carbonyl (C=O) groups excluding carboxylic acids is 1. The van der Waals surface area contributed by atoms with Crippen LogP contribution in [0.15, 0.2) is 18.2 Å². The van der Waals surface area contributed by atoms with Gasteiger partial charge in [0.05, 0.1) is 0 Å². The quantitative estimate of drug-likeness (QED) is 0.847. The monoisotopic (exact) mass is 289 g/mol. The summed E-state index contributed by atoms with van der Waals surface area (Å²) in [6, 6.07) is 5.31. The van der Waals surface area contributed by atoms with Gasteiger partial charge < -0.3 is 5.11 Å². The lowest BCUT2D eigenvalue weighted by molar-refractivity contribution is -0.144. The van der Waals surface area contributed by atoms with Crippen molar-refractivity contribution >= 4 is 11.8 Å². The van der Waals surface area contributed by atoms with Crippen molar-refractivity contribution in [1.82, 2.24) is 4.90 Å². The number of ketones is 1. The first-order chi connectivity index (χ1) is 9.99. The fraction of sp³-hybridized carbons (Fsp3) is 0.529. The van der Waals surface area contributed by atoms with Gasteiger partial charge in [-0.15, -0.1) is 0 Å². The molecular formula is C17H23NO3. The lowest BCUT2D eigenvalue weighted by Crippen LogP contribution is -2.45. The molecule has 1 heterocycles. The van der Waals surface area contributed by atoms with E-state index in [1.807, 2.05) is 36.9 Å². The molecule has 1 saturated heterocycles. The molecule has 0 aliphatic carbocycles. The van der Waals surface area contributed by atoms with Crippen LogP contribution < -0.4 is 0 Å². The smallest absolute Gasteiger partial charge is 0.320 e. The molecule has 0 aromatic heterocycles. The summed E-state index contributed by atoms with van der Waals surface area (Å²) in [5.41, 5.74) is 3.01. The molecule has 1 N–H and O–H groups in total. The van der Waals surface area contributed by atoms with Gasteiger partial charge in [-0.25, -0.2) is 0 Å². The SMILES string of the molecule is Cc1ccc(C(=O)CCN2CCCCC2C(=O)O)cc1C. The average molecular weight is 289 g/mol. The molecule has 0 saturated carbocycles. The molecule has 114 valence electrons. The zero-order chi connectivity index (χ0) is 15.4. The minimum absolute atomic E-state index is 0.0906. The Morgan fingerprint density at radius 1 is 1.24 bits per heavy atom. The Morgan fingerprint density at radius 2 is 2.00 bits per heavy atom. The zero-order valence-corrected chi connectivity index (χ0v) is 12.8. The molecule has 21 heavy (non-hydrogen) atoms. The van der Waals surface area contributed by atoms with Gasteiger partial charge in [0.2, 0.25) is 0 Å². The third-order valence-electron chi connectivity index (χ3n) is 4.35. The molecule has 2 rings (SSSR count). The molecule has 1 aromatic rings. The van der Waals surface area contributed by atoms with Crippen LogP contribution in [0.25, 0.3) is 0 Å². The molecule has 1 aromatic carbocycles. The number of piperidine rings is 1. The summed E-state index contributed by atoms with van der Waals surface area (Å²) in [5, 5.41) is 9.23. The second kappa shape index (κ2) is 6.85. The average Bonchev–Trinajstić information content (AvgIpc) is 2.47. The van der Waals surface area contributed by atoms with Crippen molar-refractivity contribution < 1.29 is 14.7 Å². The number of hydrogen-bond donors (Lipinski definition) is 1. The van der Waals surface area contributed by atoms with Crippen molar-refractivity contribution in [2.75, 3.05) is 13.1 Å². The highest BCUT2D eigenvalue weighted by Crippen LogP contribution is 2.18. The largest absolute Gasteiger partial charge is 0.480 e. The van der Waals surface area contributed by atoms with Crippen molar-refractivity contribution in [3.63, 3.8) is 0 Å². The maximum absolute atomic E-state index is 12.3. The molecule has 0 radical (unpaired) electrons. The maximum atomic E-state index is 12.3. The number of hydrogen-bond acceptors (Lipinski definition) is 3. The Bertz CT molecular complexity index is 539. The van der Waals surface area contributed by atoms with Gasteiger partial charge in [-0.2, -0.15) is 0 Å². The number of carboxylic acid groups (broad SMARTS) is 1. The number of aliphatic carboxylic acids is 1. The zero-order valence-electron chi connectivity index (χ0n) is 12.8. The predicted molar refractivity (Wildman–Crippen MR) is 81.7 cm³/mol. The minimum atomic E-state index is -0.770. The van der Waals surface area contributed by atoms with Crippen LogP contribution in [0.5, 0.6) is 0 Å². The molecule has 4 nitrogen and oxygen atoms in total. The Labute approximate surface area is 125 Å². The molecule has 1 atom stereocenters. The first-order valence-corrected chi connectivity index (χ1v) is 7.56. The number of rotatable bonds is 5. The molecule has 1 unspecified atom stereocenters. The van der Waals surface area contributed by atoms with E-state index in [-0.39, 0.29) is 5.78 Å². The first kappa shape index (κ1) is 15.7. The van der Waals surface area contributed by atoms with Crippen LogP contribution in [0.4, 0.5) is 0 Å². The van der Waals surface area contributed by atoms with E-state index in [1.165, 1.54) is 5.56 Å². The lowest BCUT2D eigenvalue weighted by Gasteiger charge is -2.32. The molecule has 1 aliphatic rings. The van der Waals surface area contributed by atoms with Crippen molar-refractivity contribution in [1.29, 1.82) is 0 Å². The summed E-state index contributed by atoms with van der Waals surface area (Å²) in [6.45, 7) is 5.33. The van der Waals surface area contributed by atoms with E-state index in [0.29, 0.717) is 19.4 Å². The van der Waals surface area contributed by atoms with Gasteiger partial charge in [0.15, 0.2) is 5.78 Å². The van der Waals surface area contributed by atoms with Crippen LogP contribution in [0.3, 0.4) is 0 Å². The van der Waals surface area contributed by atoms with Crippen molar-refractivity contribution in [3.05, 3.63) is 34.9 Å². The second-order valence-corrected chi connectivity index (χ2v) is 5.86. The Hall–Kier alpha value is -1.68. The molecular weight excluding hydrogens is 266 g/mol. The lowest BCUT2D eigenvalue weighted by atomic mass is 9.99. The van der Waals surface area contributed by atoms with Crippen LogP contribution in [0.2, 0.25) is 0 Å². The van der Waals surface area contributed by atoms with Crippen molar-refractivity contribution in [3.8, 4) is 0 Å². The van der Waals surface area contributed by atoms with E-state index < -0.39 is 12.0 Å². The van der Waals surface area contributed by atoms with Gasteiger partial charge in [-0.3, -0.25) is 14.5 Å². The van der Waals surface area contributed by atoms with Crippen LogP contribution in [0, 0.1) is 13.8 Å². The molecule has 0 spiro atoms. The molecule has 0 bridgehead atoms. The number of carboxylic acids is 1. The summed E-state index contributed by atoms with van der Waals surface area (Å²) in [5.74, 6) is -0.679. The normalized spacial score (nSPS) is 19.4. The topological polar surface area (TPSA) is 57.6 Å². The van der Waals surface area contributed by atoms with Crippen LogP contribution in [0.1, 0.15) is 47.2 Å². The predicted octanol–water partition coefficient (Wildman–Crippen LogP) is 2.82. The Kier molecular flexibility index (Phi) is 5.12. The van der Waals surface area contributed by atoms with Crippen molar-refractivity contribution in [2.45, 2.75) is 45.6 Å². The van der Waals surface area contributed by atoms with Gasteiger partial charge in [-0.1, -0.05) is 18.6 Å². The summed E-state index contributed by atoms with van der Waals surface area (Å²) in [7, 11) is 0. The maximum Gasteiger partial charge on any atom is 0.320 e. The number of likely N-dealkylation sites (tertiary alicyclic amines) is 1. The van der Waals surface area contributed by atoms with Crippen LogP contribution in [-0.4, -0.2) is 40.9 Å². The highest BCUT2D eigenvalue weighted by Gasteiger charge is 2.28. The van der Waals surface area contributed by atoms with Crippen LogP contribution >= 0.6 is 0 Å². The van der Waals surface area contributed by atoms with E-state index in [2.05, 4.69) is 0 Å². The summed E-state index contributed by atoms with van der Waals surface area (Å²) in [6.07, 6.45) is 3.04. The van der Waals surface area contributed by atoms with E-state index in [4.69, 9.17) is 0 Å². The van der Waals surface area contributed by atoms with Gasteiger partial charge in [-0.05, 0) is 50.4 Å². The molecule has 1 fully saturated rings. The van der Waals surface area contributed by atoms with Gasteiger partial charge in [0.1, 0.15) is 6.04 Å². The van der Waals surface area contributed by atoms with Crippen LogP contribution in [-0.2, 0) is 4.79 Å². The molecule has 4 heteroatoms. The van der Waals surface area contributed by atoms with E-state index in [0.717, 1.165) is 30.5 Å². The third kappa shape index (κ3) is 3.91. The summed E-state index contributed by atoms with van der Waals surface area (Å²) >= 11 is 0. The number of Topliss-reactive ketones (excluding diaryl/α,β-unsaturated/α-hetero) is 1. The van der Waals surface area contributed by atoms with Gasteiger partial charge in [0, 0.05) is 18.5 Å². The van der Waals surface area contributed by atoms with Gasteiger partial charge in [0.25, 0.3) is 0 Å². The minimum Gasteiger partial charge on any atom is -0.480 e. The molecule has 1 aliphatic heterocycles. The van der Waals surface area contributed by atoms with E-state index in [9.17, 15) is 14.7 Å². The fourth-order valence-corrected chi connectivity index (χ4v) is 2.84. The number of benzene rings is 1. The fourth-order valence-electron chi connectivity index (χ4n) is 2.84. The second-order valence-electron chi connectivity index (χ2n) is 5.86. The standard InChI is InChI=1S/C17H23NO3/c1-12-6-7-14(11-13(12)2)16(19)8-10-18-9-4-3-5-15(18)17(20)21/h6-7,11,15H,3-5,8-10H2,1-2H3,(H,20,21). The van der Waals surface area contributed by atoms with E-state index in [1.54, 1.807) is 0 Å². The summed E-state index contributed by atoms with van der Waals surface area (Å²) in [4.78, 5) is 25.4. The number of nitrogens with zero attached hydrogens (tertiary/aromatic N) is 1. The van der Waals surface area contributed by atoms with E-state index >= 15 is 0 Å². The Morgan fingerprint density at radius 3 is 2.67 bits per heavy atom. The highest BCUT2D eigenvalue weighted by atomic mass is 16.4. The summed E-state index contributed by atoms with van der Waals surface area (Å²) < 4.78 is 0. The Balaban J connectivity index is 1.96. The number of aryl methyl sites for hydroxylation is 2. The third-order valence-corrected chi connectivity index (χ3v) is 4.35. The van der Waals surface area contributed by atoms with Crippen molar-refractivity contribution in [2.24, 2.45) is 0 Å². The highest BCUT2D eigenvalue weighted by molar-refractivity contribution is 5.96. The number of carbonyl (C=O) groups is 2.